The zero-order valence-corrected chi connectivity index (χ0v) is 11.5. The van der Waals surface area contributed by atoms with Crippen LogP contribution in [0.15, 0.2) is 33.0 Å². The Hall–Kier alpha value is -2.16. The van der Waals surface area contributed by atoms with E-state index in [0.717, 1.165) is 23.9 Å². The highest BCUT2D eigenvalue weighted by molar-refractivity contribution is 7.99. The molecular formula is C11H11FN4O3S. The maximum absolute atomic E-state index is 13.3. The van der Waals surface area contributed by atoms with Crippen molar-refractivity contribution in [1.82, 2.24) is 14.8 Å². The van der Waals surface area contributed by atoms with Crippen LogP contribution >= 0.6 is 11.8 Å². The number of hydrogen-bond acceptors (Lipinski definition) is 5. The van der Waals surface area contributed by atoms with Gasteiger partial charge in [0.1, 0.15) is 5.82 Å². The van der Waals surface area contributed by atoms with Crippen molar-refractivity contribution >= 4 is 17.4 Å². The SMILES string of the molecule is CC(C)n1c(Sc2cc(F)cc([N+](=O)[O-])c2)n[nH]c1=O. The van der Waals surface area contributed by atoms with Gasteiger partial charge >= 0.3 is 5.69 Å². The lowest BCUT2D eigenvalue weighted by Crippen LogP contribution is -2.19. The van der Waals surface area contributed by atoms with Gasteiger partial charge in [-0.25, -0.2) is 14.3 Å². The number of H-pyrrole nitrogens is 1. The van der Waals surface area contributed by atoms with Crippen LogP contribution in [0.5, 0.6) is 0 Å². The lowest BCUT2D eigenvalue weighted by molar-refractivity contribution is -0.385. The van der Waals surface area contributed by atoms with Crippen LogP contribution in [0.4, 0.5) is 10.1 Å². The van der Waals surface area contributed by atoms with Crippen LogP contribution in [0.2, 0.25) is 0 Å². The van der Waals surface area contributed by atoms with Gasteiger partial charge in [-0.05, 0) is 31.7 Å². The number of nitro benzene ring substituents is 1. The minimum Gasteiger partial charge on any atom is -0.267 e. The van der Waals surface area contributed by atoms with E-state index in [0.29, 0.717) is 10.1 Å². The molecule has 0 radical (unpaired) electrons. The molecule has 7 nitrogen and oxygen atoms in total. The van der Waals surface area contributed by atoms with E-state index in [1.54, 1.807) is 13.8 Å². The fraction of sp³-hybridized carbons (Fsp3) is 0.273. The lowest BCUT2D eigenvalue weighted by atomic mass is 10.3. The second-order valence-electron chi connectivity index (χ2n) is 4.28. The van der Waals surface area contributed by atoms with Gasteiger partial charge in [-0.3, -0.25) is 14.7 Å². The molecular weight excluding hydrogens is 287 g/mol. The summed E-state index contributed by atoms with van der Waals surface area (Å²) in [5, 5.41) is 17.1. The zero-order chi connectivity index (χ0) is 14.9. The van der Waals surface area contributed by atoms with Gasteiger partial charge in [0.15, 0.2) is 5.16 Å². The van der Waals surface area contributed by atoms with Crippen molar-refractivity contribution in [3.05, 3.63) is 44.6 Å². The Bertz CT molecular complexity index is 710. The van der Waals surface area contributed by atoms with Gasteiger partial charge in [-0.15, -0.1) is 5.10 Å². The standard InChI is InChI=1S/C11H11FN4O3S/c1-6(2)15-10(17)13-14-11(15)20-9-4-7(12)3-8(5-9)16(18)19/h3-6H,1-2H3,(H,13,17). The lowest BCUT2D eigenvalue weighted by Gasteiger charge is -2.08. The van der Waals surface area contributed by atoms with Gasteiger partial charge in [0.2, 0.25) is 0 Å². The normalized spacial score (nSPS) is 11.0. The largest absolute Gasteiger partial charge is 0.344 e. The quantitative estimate of drug-likeness (QED) is 0.690. The van der Waals surface area contributed by atoms with Crippen molar-refractivity contribution in [3.8, 4) is 0 Å². The van der Waals surface area contributed by atoms with Crippen LogP contribution in [0.3, 0.4) is 0 Å². The molecule has 20 heavy (non-hydrogen) atoms. The number of nitrogens with one attached hydrogen (secondary N) is 1. The fourth-order valence-corrected chi connectivity index (χ4v) is 2.68. The van der Waals surface area contributed by atoms with Crippen molar-refractivity contribution < 1.29 is 9.31 Å². The molecule has 2 rings (SSSR count). The van der Waals surface area contributed by atoms with Gasteiger partial charge in [0, 0.05) is 17.0 Å². The van der Waals surface area contributed by atoms with Crippen molar-refractivity contribution in [2.45, 2.75) is 29.9 Å². The topological polar surface area (TPSA) is 93.8 Å². The molecule has 0 spiro atoms. The van der Waals surface area contributed by atoms with Gasteiger partial charge in [0.05, 0.1) is 11.0 Å². The number of rotatable bonds is 4. The molecule has 0 aliphatic carbocycles. The number of hydrogen-bond donors (Lipinski definition) is 1. The van der Waals surface area contributed by atoms with E-state index < -0.39 is 10.7 Å². The third kappa shape index (κ3) is 2.87. The molecule has 2 aromatic rings. The maximum Gasteiger partial charge on any atom is 0.344 e. The molecule has 1 N–H and O–H groups in total. The van der Waals surface area contributed by atoms with Crippen LogP contribution < -0.4 is 5.69 Å². The first-order chi connectivity index (χ1) is 9.38. The highest BCUT2D eigenvalue weighted by Gasteiger charge is 2.16. The Morgan fingerprint density at radius 1 is 1.45 bits per heavy atom. The predicted octanol–water partition coefficient (Wildman–Crippen LogP) is 2.35. The van der Waals surface area contributed by atoms with Crippen LogP contribution in [0.25, 0.3) is 0 Å². The summed E-state index contributed by atoms with van der Waals surface area (Å²) in [5.74, 6) is -0.712. The van der Waals surface area contributed by atoms with Gasteiger partial charge < -0.3 is 0 Å². The average molecular weight is 298 g/mol. The first kappa shape index (κ1) is 14.3. The number of nitro groups is 1. The smallest absolute Gasteiger partial charge is 0.267 e. The molecule has 0 fully saturated rings. The third-order valence-corrected chi connectivity index (χ3v) is 3.41. The summed E-state index contributed by atoms with van der Waals surface area (Å²) in [7, 11) is 0. The van der Waals surface area contributed by atoms with E-state index in [1.165, 1.54) is 10.6 Å². The Balaban J connectivity index is 2.40. The fourth-order valence-electron chi connectivity index (χ4n) is 1.64. The van der Waals surface area contributed by atoms with Crippen molar-refractivity contribution in [1.29, 1.82) is 0 Å². The van der Waals surface area contributed by atoms with Crippen molar-refractivity contribution in [2.24, 2.45) is 0 Å². The second kappa shape index (κ2) is 5.45. The predicted molar refractivity (Wildman–Crippen MR) is 70.4 cm³/mol. The Kier molecular flexibility index (Phi) is 3.89. The number of aromatic nitrogens is 3. The molecule has 0 amide bonds. The van der Waals surface area contributed by atoms with E-state index >= 15 is 0 Å². The summed E-state index contributed by atoms with van der Waals surface area (Å²) in [4.78, 5) is 21.9. The first-order valence-corrected chi connectivity index (χ1v) is 6.50. The Labute approximate surface area is 117 Å². The summed E-state index contributed by atoms with van der Waals surface area (Å²) >= 11 is 0.985. The summed E-state index contributed by atoms with van der Waals surface area (Å²) in [6.07, 6.45) is 0. The highest BCUT2D eigenvalue weighted by atomic mass is 32.2. The van der Waals surface area contributed by atoms with E-state index in [9.17, 15) is 19.3 Å². The van der Waals surface area contributed by atoms with Gasteiger partial charge in [-0.2, -0.15) is 0 Å². The van der Waals surface area contributed by atoms with E-state index in [4.69, 9.17) is 0 Å². The second-order valence-corrected chi connectivity index (χ2v) is 5.32. The first-order valence-electron chi connectivity index (χ1n) is 5.68. The zero-order valence-electron chi connectivity index (χ0n) is 10.7. The Morgan fingerprint density at radius 3 is 2.75 bits per heavy atom. The molecule has 106 valence electrons. The molecule has 0 saturated heterocycles. The molecule has 9 heteroatoms. The summed E-state index contributed by atoms with van der Waals surface area (Å²) in [6.45, 7) is 3.60. The summed E-state index contributed by atoms with van der Waals surface area (Å²) in [6, 6.07) is 3.09. The summed E-state index contributed by atoms with van der Waals surface area (Å²) in [5.41, 5.74) is -0.727. The highest BCUT2D eigenvalue weighted by Crippen LogP contribution is 2.30. The van der Waals surface area contributed by atoms with Crippen LogP contribution in [-0.2, 0) is 0 Å². The molecule has 0 unspecified atom stereocenters. The van der Waals surface area contributed by atoms with Gasteiger partial charge in [0.25, 0.3) is 5.69 Å². The van der Waals surface area contributed by atoms with Crippen LogP contribution in [0.1, 0.15) is 19.9 Å². The number of non-ortho nitro benzene ring substituents is 1. The molecule has 1 aromatic carbocycles. The van der Waals surface area contributed by atoms with Crippen LogP contribution in [-0.4, -0.2) is 19.7 Å². The molecule has 0 atom stereocenters. The van der Waals surface area contributed by atoms with E-state index in [-0.39, 0.29) is 17.4 Å². The minimum absolute atomic E-state index is 0.132. The van der Waals surface area contributed by atoms with Crippen LogP contribution in [0, 0.1) is 15.9 Å². The molecule has 0 aliphatic heterocycles. The molecule has 1 heterocycles. The van der Waals surface area contributed by atoms with Crippen molar-refractivity contribution in [3.63, 3.8) is 0 Å². The Morgan fingerprint density at radius 2 is 2.15 bits per heavy atom. The summed E-state index contributed by atoms with van der Waals surface area (Å²) < 4.78 is 14.7. The molecule has 1 aromatic heterocycles. The molecule has 0 aliphatic rings. The average Bonchev–Trinajstić information content (AvgIpc) is 2.69. The number of aromatic amines is 1. The minimum atomic E-state index is -0.712. The maximum atomic E-state index is 13.3. The van der Waals surface area contributed by atoms with E-state index in [2.05, 4.69) is 10.2 Å². The molecule has 0 bridgehead atoms. The number of benzene rings is 1. The van der Waals surface area contributed by atoms with Gasteiger partial charge in [-0.1, -0.05) is 0 Å². The number of nitrogens with zero attached hydrogens (tertiary/aromatic N) is 3. The third-order valence-electron chi connectivity index (χ3n) is 2.46. The van der Waals surface area contributed by atoms with E-state index in [1.807, 2.05) is 0 Å². The molecule has 0 saturated carbocycles. The van der Waals surface area contributed by atoms with Crippen molar-refractivity contribution in [2.75, 3.05) is 0 Å². The number of halogens is 1. The monoisotopic (exact) mass is 298 g/mol.